The molecule has 0 fully saturated rings. The molecular weight excluding hydrogens is 338 g/mol. The monoisotopic (exact) mass is 350 g/mol. The van der Waals surface area contributed by atoms with Gasteiger partial charge in [0.25, 0.3) is 0 Å². The Hall–Kier alpha value is -1.52. The van der Waals surface area contributed by atoms with Crippen LogP contribution in [0.1, 0.15) is 0 Å². The molecule has 0 aromatic heterocycles. The SMILES string of the molecule is c1cc[c]([Sb+]2[c]3ccccc3-c3cccc[c]32)cc1. The fourth-order valence-electron chi connectivity index (χ4n) is 2.78. The third-order valence-electron chi connectivity index (χ3n) is 3.59. The van der Waals surface area contributed by atoms with Gasteiger partial charge in [0, 0.05) is 0 Å². The van der Waals surface area contributed by atoms with Crippen LogP contribution >= 0.6 is 0 Å². The zero-order valence-corrected chi connectivity index (χ0v) is 13.0. The predicted octanol–water partition coefficient (Wildman–Crippen LogP) is 2.18. The molecule has 0 saturated heterocycles. The van der Waals surface area contributed by atoms with Gasteiger partial charge in [-0.2, -0.15) is 0 Å². The Morgan fingerprint density at radius 2 is 0.947 bits per heavy atom. The first kappa shape index (κ1) is 11.3. The van der Waals surface area contributed by atoms with E-state index < -0.39 is 20.2 Å². The van der Waals surface area contributed by atoms with Crippen LogP contribution in [0.15, 0.2) is 78.9 Å². The Kier molecular flexibility index (Phi) is 2.71. The predicted molar refractivity (Wildman–Crippen MR) is 83.0 cm³/mol. The van der Waals surface area contributed by atoms with Crippen molar-refractivity contribution in [1.82, 2.24) is 0 Å². The van der Waals surface area contributed by atoms with Crippen molar-refractivity contribution in [2.24, 2.45) is 0 Å². The first-order chi connectivity index (χ1) is 9.45. The van der Waals surface area contributed by atoms with Crippen LogP contribution in [0.3, 0.4) is 0 Å². The van der Waals surface area contributed by atoms with Crippen molar-refractivity contribution >= 4 is 30.7 Å². The minimum absolute atomic E-state index is 1.46. The Morgan fingerprint density at radius 3 is 1.53 bits per heavy atom. The number of fused-ring (bicyclic) bond motifs is 3. The van der Waals surface area contributed by atoms with Gasteiger partial charge >= 0.3 is 121 Å². The van der Waals surface area contributed by atoms with E-state index in [0.29, 0.717) is 0 Å². The van der Waals surface area contributed by atoms with E-state index in [2.05, 4.69) is 78.9 Å². The molecule has 0 aliphatic carbocycles. The Balaban J connectivity index is 2.02. The fourth-order valence-corrected chi connectivity index (χ4v) is 10.3. The van der Waals surface area contributed by atoms with E-state index in [1.54, 1.807) is 10.5 Å². The van der Waals surface area contributed by atoms with E-state index in [1.165, 1.54) is 11.1 Å². The topological polar surface area (TPSA) is 0 Å². The second-order valence-electron chi connectivity index (χ2n) is 4.71. The molecule has 1 heterocycles. The van der Waals surface area contributed by atoms with Gasteiger partial charge in [-0.3, -0.25) is 0 Å². The van der Waals surface area contributed by atoms with Gasteiger partial charge in [0.15, 0.2) is 0 Å². The number of benzene rings is 3. The van der Waals surface area contributed by atoms with Crippen molar-refractivity contribution in [3.63, 3.8) is 0 Å². The molecule has 1 radical (unpaired) electrons. The Morgan fingerprint density at radius 1 is 0.474 bits per heavy atom. The van der Waals surface area contributed by atoms with Crippen LogP contribution in [0.4, 0.5) is 0 Å². The summed E-state index contributed by atoms with van der Waals surface area (Å²) in [5.74, 6) is 0. The third-order valence-corrected chi connectivity index (χ3v) is 10.9. The molecule has 1 aliphatic heterocycles. The van der Waals surface area contributed by atoms with Gasteiger partial charge in [-0.15, -0.1) is 0 Å². The second kappa shape index (κ2) is 4.54. The quantitative estimate of drug-likeness (QED) is 0.462. The molecule has 0 spiro atoms. The summed E-state index contributed by atoms with van der Waals surface area (Å²) < 4.78 is 4.78. The Labute approximate surface area is 120 Å². The molecule has 1 heteroatoms. The first-order valence-electron chi connectivity index (χ1n) is 6.49. The summed E-state index contributed by atoms with van der Waals surface area (Å²) in [5.41, 5.74) is 2.93. The molecule has 0 N–H and O–H groups in total. The van der Waals surface area contributed by atoms with Crippen molar-refractivity contribution in [3.05, 3.63) is 78.9 Å². The molecule has 0 saturated carbocycles. The minimum atomic E-state index is -1.75. The van der Waals surface area contributed by atoms with E-state index in [1.807, 2.05) is 0 Å². The number of hydrogen-bond acceptors (Lipinski definition) is 0. The average Bonchev–Trinajstić information content (AvgIpc) is 2.83. The van der Waals surface area contributed by atoms with Crippen LogP contribution in [0.2, 0.25) is 0 Å². The van der Waals surface area contributed by atoms with E-state index in [9.17, 15) is 0 Å². The molecule has 0 atom stereocenters. The fraction of sp³-hybridized carbons (Fsp3) is 0. The van der Waals surface area contributed by atoms with Gasteiger partial charge in [-0.25, -0.2) is 0 Å². The average molecular weight is 351 g/mol. The van der Waals surface area contributed by atoms with Crippen molar-refractivity contribution < 1.29 is 0 Å². The Bertz CT molecular complexity index is 686. The number of hydrogen-bond donors (Lipinski definition) is 0. The van der Waals surface area contributed by atoms with E-state index in [0.717, 1.165) is 0 Å². The first-order valence-corrected chi connectivity index (χ1v) is 10.3. The molecule has 1 aliphatic rings. The van der Waals surface area contributed by atoms with Gasteiger partial charge < -0.3 is 0 Å². The van der Waals surface area contributed by atoms with Crippen LogP contribution in [0.25, 0.3) is 11.1 Å². The molecule has 3 aromatic carbocycles. The molecular formula is C18H13Sb+. The van der Waals surface area contributed by atoms with Gasteiger partial charge in [-0.05, 0) is 0 Å². The van der Waals surface area contributed by atoms with Crippen molar-refractivity contribution in [1.29, 1.82) is 0 Å². The summed E-state index contributed by atoms with van der Waals surface area (Å²) in [6.45, 7) is 0. The second-order valence-corrected chi connectivity index (χ2v) is 10.8. The molecule has 19 heavy (non-hydrogen) atoms. The van der Waals surface area contributed by atoms with Crippen molar-refractivity contribution in [2.75, 3.05) is 0 Å². The molecule has 4 rings (SSSR count). The molecule has 0 amide bonds. The van der Waals surface area contributed by atoms with Crippen molar-refractivity contribution in [2.45, 2.75) is 0 Å². The third kappa shape index (κ3) is 1.75. The number of rotatable bonds is 1. The molecule has 0 unspecified atom stereocenters. The summed E-state index contributed by atoms with van der Waals surface area (Å²) in [7, 11) is 0. The molecule has 3 aromatic rings. The summed E-state index contributed by atoms with van der Waals surface area (Å²) in [6, 6.07) is 29.0. The summed E-state index contributed by atoms with van der Waals surface area (Å²) >= 11 is -1.75. The van der Waals surface area contributed by atoms with Crippen LogP contribution in [-0.2, 0) is 0 Å². The van der Waals surface area contributed by atoms with Gasteiger partial charge in [0.2, 0.25) is 0 Å². The van der Waals surface area contributed by atoms with Crippen LogP contribution < -0.4 is 10.5 Å². The summed E-state index contributed by atoms with van der Waals surface area (Å²) in [4.78, 5) is 0. The van der Waals surface area contributed by atoms with Gasteiger partial charge in [-0.1, -0.05) is 0 Å². The van der Waals surface area contributed by atoms with Crippen molar-refractivity contribution in [3.8, 4) is 11.1 Å². The summed E-state index contributed by atoms with van der Waals surface area (Å²) in [5, 5.41) is 0. The summed E-state index contributed by atoms with van der Waals surface area (Å²) in [6.07, 6.45) is 0. The van der Waals surface area contributed by atoms with Crippen LogP contribution in [-0.4, -0.2) is 20.2 Å². The molecule has 0 nitrogen and oxygen atoms in total. The van der Waals surface area contributed by atoms with Crippen LogP contribution in [0, 0.1) is 0 Å². The maximum atomic E-state index is 2.34. The van der Waals surface area contributed by atoms with Gasteiger partial charge in [0.1, 0.15) is 0 Å². The van der Waals surface area contributed by atoms with E-state index in [4.69, 9.17) is 0 Å². The van der Waals surface area contributed by atoms with E-state index >= 15 is 0 Å². The standard InChI is InChI=1S/C12H8.C6H5.Sb/c1-3-7-11(8-4-1)12-9-5-2-6-10-12;1-2-4-6-5-3-1;/h1-7,9H;1-5H;/q;;+1. The van der Waals surface area contributed by atoms with Crippen LogP contribution in [0.5, 0.6) is 0 Å². The molecule has 89 valence electrons. The normalized spacial score (nSPS) is 13.1. The zero-order chi connectivity index (χ0) is 12.7. The zero-order valence-electron chi connectivity index (χ0n) is 10.5. The van der Waals surface area contributed by atoms with Gasteiger partial charge in [0.05, 0.1) is 0 Å². The molecule has 0 bridgehead atoms. The maximum absolute atomic E-state index is 2.34. The van der Waals surface area contributed by atoms with E-state index in [-0.39, 0.29) is 0 Å².